The lowest BCUT2D eigenvalue weighted by Crippen LogP contribution is -2.03. The zero-order valence-electron chi connectivity index (χ0n) is 11.3. The Kier molecular flexibility index (Phi) is 3.43. The molecular weight excluding hydrogens is 236 g/mol. The van der Waals surface area contributed by atoms with Crippen LogP contribution in [0.3, 0.4) is 0 Å². The van der Waals surface area contributed by atoms with E-state index in [1.807, 2.05) is 24.3 Å². The molecule has 0 amide bonds. The minimum absolute atomic E-state index is 0.500. The summed E-state index contributed by atoms with van der Waals surface area (Å²) in [5.74, 6) is 1.72. The molecule has 0 aliphatic heterocycles. The highest BCUT2D eigenvalue weighted by atomic mass is 16.5. The van der Waals surface area contributed by atoms with Crippen molar-refractivity contribution >= 4 is 10.8 Å². The van der Waals surface area contributed by atoms with Gasteiger partial charge in [-0.05, 0) is 24.6 Å². The van der Waals surface area contributed by atoms with Gasteiger partial charge < -0.3 is 9.84 Å². The van der Waals surface area contributed by atoms with Crippen molar-refractivity contribution in [2.24, 2.45) is 5.92 Å². The number of rotatable bonds is 5. The molecule has 0 heterocycles. The van der Waals surface area contributed by atoms with Crippen molar-refractivity contribution in [2.75, 3.05) is 6.61 Å². The molecule has 2 nitrogen and oxygen atoms in total. The highest BCUT2D eigenvalue weighted by Gasteiger charge is 2.21. The van der Waals surface area contributed by atoms with Crippen molar-refractivity contribution in [1.29, 1.82) is 0 Å². The molecule has 2 aromatic carbocycles. The largest absolute Gasteiger partial charge is 0.493 e. The first-order valence-corrected chi connectivity index (χ1v) is 7.08. The average Bonchev–Trinajstić information content (AvgIpc) is 3.22. The molecule has 0 saturated heterocycles. The first-order valence-electron chi connectivity index (χ1n) is 7.08. The quantitative estimate of drug-likeness (QED) is 0.873. The summed E-state index contributed by atoms with van der Waals surface area (Å²) >= 11 is 0. The van der Waals surface area contributed by atoms with Crippen molar-refractivity contribution in [3.63, 3.8) is 0 Å². The lowest BCUT2D eigenvalue weighted by Gasteiger charge is -2.16. The van der Waals surface area contributed by atoms with Gasteiger partial charge in [0.15, 0.2) is 0 Å². The molecule has 1 aliphatic rings. The third kappa shape index (κ3) is 2.74. The Morgan fingerprint density at radius 1 is 1.21 bits per heavy atom. The normalized spacial score (nSPS) is 16.5. The summed E-state index contributed by atoms with van der Waals surface area (Å²) in [6, 6.07) is 12.2. The number of hydrogen-bond acceptors (Lipinski definition) is 2. The standard InChI is InChI=1S/C17H20O2/c1-12(18)15-9-8-14-4-2-3-5-16(14)17(15)19-11-10-13-6-7-13/h2-5,8-9,12-13,18H,6-7,10-11H2,1H3/t12-/m1/s1. The molecular formula is C17H20O2. The second kappa shape index (κ2) is 5.22. The van der Waals surface area contributed by atoms with Crippen LogP contribution in [0.5, 0.6) is 5.75 Å². The molecule has 2 aromatic rings. The monoisotopic (exact) mass is 256 g/mol. The summed E-state index contributed by atoms with van der Waals surface area (Å²) in [6.07, 6.45) is 3.33. The van der Waals surface area contributed by atoms with E-state index in [1.54, 1.807) is 6.92 Å². The van der Waals surface area contributed by atoms with E-state index >= 15 is 0 Å². The van der Waals surface area contributed by atoms with E-state index in [0.717, 1.165) is 41.0 Å². The number of hydrogen-bond donors (Lipinski definition) is 1. The van der Waals surface area contributed by atoms with Crippen LogP contribution in [0.4, 0.5) is 0 Å². The molecule has 1 atom stereocenters. The van der Waals surface area contributed by atoms with E-state index in [2.05, 4.69) is 12.1 Å². The Balaban J connectivity index is 1.93. The summed E-state index contributed by atoms with van der Waals surface area (Å²) in [7, 11) is 0. The zero-order valence-corrected chi connectivity index (χ0v) is 11.3. The number of aliphatic hydroxyl groups is 1. The van der Waals surface area contributed by atoms with Crippen LogP contribution in [0.1, 0.15) is 37.9 Å². The van der Waals surface area contributed by atoms with E-state index < -0.39 is 6.10 Å². The molecule has 1 aliphatic carbocycles. The fourth-order valence-corrected chi connectivity index (χ4v) is 2.48. The summed E-state index contributed by atoms with van der Waals surface area (Å²) < 4.78 is 6.00. The second-order valence-electron chi connectivity index (χ2n) is 5.46. The van der Waals surface area contributed by atoms with Crippen molar-refractivity contribution in [3.8, 4) is 5.75 Å². The number of fused-ring (bicyclic) bond motifs is 1. The van der Waals surface area contributed by atoms with Gasteiger partial charge in [-0.1, -0.05) is 49.2 Å². The molecule has 0 bridgehead atoms. The predicted molar refractivity (Wildman–Crippen MR) is 77.4 cm³/mol. The highest BCUT2D eigenvalue weighted by Crippen LogP contribution is 2.36. The van der Waals surface area contributed by atoms with Crippen molar-refractivity contribution in [2.45, 2.75) is 32.3 Å². The van der Waals surface area contributed by atoms with Gasteiger partial charge in [0.05, 0.1) is 12.7 Å². The molecule has 0 radical (unpaired) electrons. The first kappa shape index (κ1) is 12.5. The Morgan fingerprint density at radius 2 is 2.00 bits per heavy atom. The van der Waals surface area contributed by atoms with E-state index in [1.165, 1.54) is 12.8 Å². The van der Waals surface area contributed by atoms with Crippen LogP contribution in [0, 0.1) is 5.92 Å². The maximum atomic E-state index is 9.90. The number of ether oxygens (including phenoxy) is 1. The van der Waals surface area contributed by atoms with Crippen LogP contribution in [0.15, 0.2) is 36.4 Å². The van der Waals surface area contributed by atoms with E-state index in [9.17, 15) is 5.11 Å². The van der Waals surface area contributed by atoms with Gasteiger partial charge in [-0.25, -0.2) is 0 Å². The zero-order chi connectivity index (χ0) is 13.2. The summed E-state index contributed by atoms with van der Waals surface area (Å²) in [5.41, 5.74) is 0.884. The SMILES string of the molecule is C[C@@H](O)c1ccc2ccccc2c1OCCC1CC1. The van der Waals surface area contributed by atoms with Crippen LogP contribution in [-0.4, -0.2) is 11.7 Å². The molecule has 0 spiro atoms. The summed E-state index contributed by atoms with van der Waals surface area (Å²) in [4.78, 5) is 0. The van der Waals surface area contributed by atoms with Gasteiger partial charge in [-0.15, -0.1) is 0 Å². The number of aliphatic hydroxyl groups excluding tert-OH is 1. The van der Waals surface area contributed by atoms with Gasteiger partial charge in [-0.2, -0.15) is 0 Å². The van der Waals surface area contributed by atoms with Gasteiger partial charge in [0, 0.05) is 10.9 Å². The lowest BCUT2D eigenvalue weighted by molar-refractivity contribution is 0.191. The van der Waals surface area contributed by atoms with E-state index in [-0.39, 0.29) is 0 Å². The third-order valence-corrected chi connectivity index (χ3v) is 3.83. The molecule has 2 heteroatoms. The molecule has 0 aromatic heterocycles. The van der Waals surface area contributed by atoms with Gasteiger partial charge >= 0.3 is 0 Å². The minimum Gasteiger partial charge on any atom is -0.493 e. The first-order chi connectivity index (χ1) is 9.25. The van der Waals surface area contributed by atoms with Gasteiger partial charge in [0.1, 0.15) is 5.75 Å². The fourth-order valence-electron chi connectivity index (χ4n) is 2.48. The Labute approximate surface area is 114 Å². The van der Waals surface area contributed by atoms with Gasteiger partial charge in [0.2, 0.25) is 0 Å². The van der Waals surface area contributed by atoms with Crippen molar-refractivity contribution in [1.82, 2.24) is 0 Å². The fraction of sp³-hybridized carbons (Fsp3) is 0.412. The average molecular weight is 256 g/mol. The maximum absolute atomic E-state index is 9.90. The predicted octanol–water partition coefficient (Wildman–Crippen LogP) is 4.07. The Morgan fingerprint density at radius 3 is 2.74 bits per heavy atom. The van der Waals surface area contributed by atoms with Crippen LogP contribution < -0.4 is 4.74 Å². The lowest BCUT2D eigenvalue weighted by atomic mass is 10.0. The van der Waals surface area contributed by atoms with Gasteiger partial charge in [-0.3, -0.25) is 0 Å². The van der Waals surface area contributed by atoms with Gasteiger partial charge in [0.25, 0.3) is 0 Å². The number of benzene rings is 2. The topological polar surface area (TPSA) is 29.5 Å². The summed E-state index contributed by atoms with van der Waals surface area (Å²) in [6.45, 7) is 2.54. The van der Waals surface area contributed by atoms with Crippen LogP contribution in [-0.2, 0) is 0 Å². The maximum Gasteiger partial charge on any atom is 0.132 e. The third-order valence-electron chi connectivity index (χ3n) is 3.83. The van der Waals surface area contributed by atoms with Crippen LogP contribution in [0.2, 0.25) is 0 Å². The van der Waals surface area contributed by atoms with Crippen LogP contribution in [0.25, 0.3) is 10.8 Å². The molecule has 3 rings (SSSR count). The van der Waals surface area contributed by atoms with E-state index in [0.29, 0.717) is 0 Å². The molecule has 0 unspecified atom stereocenters. The molecule has 1 N–H and O–H groups in total. The molecule has 19 heavy (non-hydrogen) atoms. The van der Waals surface area contributed by atoms with Crippen molar-refractivity contribution < 1.29 is 9.84 Å². The molecule has 1 fully saturated rings. The summed E-state index contributed by atoms with van der Waals surface area (Å²) in [5, 5.41) is 12.2. The molecule has 1 saturated carbocycles. The van der Waals surface area contributed by atoms with Crippen LogP contribution >= 0.6 is 0 Å². The Hall–Kier alpha value is -1.54. The minimum atomic E-state index is -0.500. The van der Waals surface area contributed by atoms with E-state index in [4.69, 9.17) is 4.74 Å². The van der Waals surface area contributed by atoms with Crippen molar-refractivity contribution in [3.05, 3.63) is 42.0 Å². The molecule has 100 valence electrons. The highest BCUT2D eigenvalue weighted by molar-refractivity contribution is 5.89. The second-order valence-corrected chi connectivity index (χ2v) is 5.46. The smallest absolute Gasteiger partial charge is 0.132 e. The Bertz CT molecular complexity index is 570.